The Balaban J connectivity index is 3.39. The third-order valence-electron chi connectivity index (χ3n) is 1.37. The molecule has 4 nitrogen and oxygen atoms in total. The molecular weight excluding hydrogens is 160 g/mol. The zero-order chi connectivity index (χ0) is 8.69. The first-order valence-electron chi connectivity index (χ1n) is 3.50. The van der Waals surface area contributed by atoms with Crippen molar-refractivity contribution >= 4 is 17.7 Å². The zero-order valence-corrected chi connectivity index (χ0v) is 7.82. The zero-order valence-electron chi connectivity index (χ0n) is 7.00. The van der Waals surface area contributed by atoms with Gasteiger partial charge in [0.15, 0.2) is 0 Å². The van der Waals surface area contributed by atoms with Gasteiger partial charge in [0.1, 0.15) is 0 Å². The first-order valence-corrected chi connectivity index (χ1v) is 4.78. The quantitative estimate of drug-likeness (QED) is 0.242. The summed E-state index contributed by atoms with van der Waals surface area (Å²) in [5.74, 6) is 5.31. The molecule has 0 bridgehead atoms. The van der Waals surface area contributed by atoms with Gasteiger partial charge in [0.2, 0.25) is 5.96 Å². The molecule has 5 heteroatoms. The van der Waals surface area contributed by atoms with Crippen LogP contribution < -0.4 is 17.0 Å². The summed E-state index contributed by atoms with van der Waals surface area (Å²) in [4.78, 5) is 3.98. The molecule has 0 spiro atoms. The molecule has 66 valence electrons. The van der Waals surface area contributed by atoms with Crippen LogP contribution in [0, 0.1) is 0 Å². The van der Waals surface area contributed by atoms with Crippen molar-refractivity contribution in [3.8, 4) is 0 Å². The molecule has 0 aromatic heterocycles. The van der Waals surface area contributed by atoms with Crippen molar-refractivity contribution in [2.75, 3.05) is 12.8 Å². The Morgan fingerprint density at radius 1 is 1.73 bits per heavy atom. The van der Waals surface area contributed by atoms with E-state index in [1.165, 1.54) is 0 Å². The van der Waals surface area contributed by atoms with Gasteiger partial charge >= 0.3 is 0 Å². The number of hydrazine groups is 1. The Bertz CT molecular complexity index is 126. The number of nitrogens with one attached hydrogen (secondary N) is 1. The molecule has 1 atom stereocenters. The minimum Gasteiger partial charge on any atom is -0.369 e. The summed E-state index contributed by atoms with van der Waals surface area (Å²) in [5, 5.41) is 0.629. The van der Waals surface area contributed by atoms with E-state index >= 15 is 0 Å². The van der Waals surface area contributed by atoms with Crippen LogP contribution in [0.1, 0.15) is 13.3 Å². The second kappa shape index (κ2) is 6.30. The molecule has 0 radical (unpaired) electrons. The predicted molar refractivity (Wildman–Crippen MR) is 51.4 cm³/mol. The second-order valence-corrected chi connectivity index (χ2v) is 3.52. The van der Waals surface area contributed by atoms with Crippen LogP contribution in [0.5, 0.6) is 0 Å². The van der Waals surface area contributed by atoms with E-state index in [4.69, 9.17) is 11.6 Å². The minimum atomic E-state index is 0.304. The summed E-state index contributed by atoms with van der Waals surface area (Å²) in [6, 6.07) is 0. The lowest BCUT2D eigenvalue weighted by Crippen LogP contribution is -2.37. The highest BCUT2D eigenvalue weighted by Crippen LogP contribution is 2.08. The van der Waals surface area contributed by atoms with Gasteiger partial charge in [0, 0.05) is 11.8 Å². The van der Waals surface area contributed by atoms with Gasteiger partial charge in [0.25, 0.3) is 0 Å². The van der Waals surface area contributed by atoms with Crippen LogP contribution in [0.25, 0.3) is 0 Å². The molecule has 0 rings (SSSR count). The van der Waals surface area contributed by atoms with E-state index in [9.17, 15) is 0 Å². The molecule has 0 saturated carbocycles. The summed E-state index contributed by atoms with van der Waals surface area (Å²) in [6.45, 7) is 2.89. The first-order chi connectivity index (χ1) is 5.20. The normalized spacial score (nSPS) is 14.6. The third kappa shape index (κ3) is 6.00. The number of rotatable bonds is 4. The average molecular weight is 176 g/mol. The lowest BCUT2D eigenvalue weighted by molar-refractivity contribution is 0.815. The van der Waals surface area contributed by atoms with E-state index in [1.54, 1.807) is 0 Å². The fourth-order valence-corrected chi connectivity index (χ4v) is 0.871. The molecule has 1 unspecified atom stereocenters. The van der Waals surface area contributed by atoms with Crippen molar-refractivity contribution in [1.29, 1.82) is 0 Å². The molecule has 0 aromatic rings. The lowest BCUT2D eigenvalue weighted by Gasteiger charge is -2.04. The first kappa shape index (κ1) is 10.6. The molecule has 0 heterocycles. The maximum Gasteiger partial charge on any atom is 0.203 e. The predicted octanol–water partition coefficient (Wildman–Crippen LogP) is -0.0940. The molecule has 5 N–H and O–H groups in total. The SMILES string of the molecule is CSC(C)CCN=C(N)NN. The highest BCUT2D eigenvalue weighted by molar-refractivity contribution is 7.99. The Morgan fingerprint density at radius 2 is 2.36 bits per heavy atom. The Labute approximate surface area is 71.8 Å². The molecule has 0 aliphatic carbocycles. The minimum absolute atomic E-state index is 0.304. The standard InChI is InChI=1S/C6H16N4S/c1-5(11-2)3-4-9-6(7)10-8/h5H,3-4,8H2,1-2H3,(H3,7,9,10). The van der Waals surface area contributed by atoms with Crippen LogP contribution in [0.4, 0.5) is 0 Å². The van der Waals surface area contributed by atoms with E-state index < -0.39 is 0 Å². The monoisotopic (exact) mass is 176 g/mol. The van der Waals surface area contributed by atoms with Gasteiger partial charge in [-0.2, -0.15) is 11.8 Å². The average Bonchev–Trinajstić information content (AvgIpc) is 2.04. The van der Waals surface area contributed by atoms with E-state index in [2.05, 4.69) is 23.6 Å². The highest BCUT2D eigenvalue weighted by atomic mass is 32.2. The van der Waals surface area contributed by atoms with Gasteiger partial charge in [-0.05, 0) is 12.7 Å². The van der Waals surface area contributed by atoms with Crippen molar-refractivity contribution in [2.24, 2.45) is 16.6 Å². The second-order valence-electron chi connectivity index (χ2n) is 2.25. The van der Waals surface area contributed by atoms with Crippen LogP contribution in [-0.2, 0) is 0 Å². The van der Waals surface area contributed by atoms with Crippen molar-refractivity contribution < 1.29 is 0 Å². The summed E-state index contributed by atoms with van der Waals surface area (Å²) >= 11 is 1.82. The summed E-state index contributed by atoms with van der Waals surface area (Å²) in [5.41, 5.74) is 7.59. The maximum absolute atomic E-state index is 5.31. The Kier molecular flexibility index (Phi) is 6.06. The van der Waals surface area contributed by atoms with E-state index in [1.807, 2.05) is 11.8 Å². The van der Waals surface area contributed by atoms with Gasteiger partial charge in [-0.1, -0.05) is 6.92 Å². The van der Waals surface area contributed by atoms with Gasteiger partial charge in [-0.15, -0.1) is 0 Å². The van der Waals surface area contributed by atoms with Crippen molar-refractivity contribution in [1.82, 2.24) is 5.43 Å². The summed E-state index contributed by atoms with van der Waals surface area (Å²) < 4.78 is 0. The fraction of sp³-hybridized carbons (Fsp3) is 0.833. The largest absolute Gasteiger partial charge is 0.369 e. The lowest BCUT2D eigenvalue weighted by atomic mass is 10.3. The van der Waals surface area contributed by atoms with Gasteiger partial charge < -0.3 is 5.73 Å². The van der Waals surface area contributed by atoms with E-state index in [-0.39, 0.29) is 0 Å². The number of thioether (sulfide) groups is 1. The Morgan fingerprint density at radius 3 is 2.82 bits per heavy atom. The van der Waals surface area contributed by atoms with Crippen LogP contribution in [0.15, 0.2) is 4.99 Å². The molecule has 0 aliphatic heterocycles. The number of nitrogens with two attached hydrogens (primary N) is 2. The number of nitrogens with zero attached hydrogens (tertiary/aromatic N) is 1. The topological polar surface area (TPSA) is 76.4 Å². The van der Waals surface area contributed by atoms with E-state index in [0.29, 0.717) is 11.2 Å². The molecule has 0 aliphatic rings. The van der Waals surface area contributed by atoms with Crippen LogP contribution in [0.2, 0.25) is 0 Å². The third-order valence-corrected chi connectivity index (χ3v) is 2.41. The smallest absolute Gasteiger partial charge is 0.203 e. The number of hydrogen-bond acceptors (Lipinski definition) is 3. The molecule has 11 heavy (non-hydrogen) atoms. The maximum atomic E-state index is 5.31. The number of aliphatic imine (C=N–C) groups is 1. The molecule has 0 saturated heterocycles. The van der Waals surface area contributed by atoms with Gasteiger partial charge in [-0.3, -0.25) is 10.4 Å². The van der Waals surface area contributed by atoms with Crippen molar-refractivity contribution in [3.63, 3.8) is 0 Å². The summed E-state index contributed by atoms with van der Waals surface area (Å²) in [7, 11) is 0. The van der Waals surface area contributed by atoms with Crippen LogP contribution in [-0.4, -0.2) is 24.0 Å². The van der Waals surface area contributed by atoms with Crippen molar-refractivity contribution in [2.45, 2.75) is 18.6 Å². The molecule has 0 aromatic carbocycles. The fourth-order valence-electron chi connectivity index (χ4n) is 0.530. The van der Waals surface area contributed by atoms with E-state index in [0.717, 1.165) is 13.0 Å². The van der Waals surface area contributed by atoms with Crippen LogP contribution in [0.3, 0.4) is 0 Å². The highest BCUT2D eigenvalue weighted by Gasteiger charge is 1.96. The van der Waals surface area contributed by atoms with Gasteiger partial charge in [-0.25, -0.2) is 5.84 Å². The Hall–Kier alpha value is -0.420. The molecular formula is C6H16N4S. The van der Waals surface area contributed by atoms with Crippen molar-refractivity contribution in [3.05, 3.63) is 0 Å². The molecule has 0 amide bonds. The van der Waals surface area contributed by atoms with Gasteiger partial charge in [0.05, 0.1) is 0 Å². The summed E-state index contributed by atoms with van der Waals surface area (Å²) in [6.07, 6.45) is 3.11. The molecule has 0 fully saturated rings. The number of hydrogen-bond donors (Lipinski definition) is 3. The number of guanidine groups is 1. The van der Waals surface area contributed by atoms with Crippen LogP contribution >= 0.6 is 11.8 Å².